The first-order chi connectivity index (χ1) is 22.8. The summed E-state index contributed by atoms with van der Waals surface area (Å²) >= 11 is 0. The first-order valence-electron chi connectivity index (χ1n) is 15.5. The third-order valence-electron chi connectivity index (χ3n) is 8.88. The minimum absolute atomic E-state index is 0.651. The molecular weight excluding hydrogens is 558 g/mol. The second kappa shape index (κ2) is 10.8. The molecule has 9 rings (SSSR count). The van der Waals surface area contributed by atoms with Gasteiger partial charge >= 0.3 is 0 Å². The van der Waals surface area contributed by atoms with Gasteiger partial charge in [-0.15, -0.1) is 0 Å². The van der Waals surface area contributed by atoms with E-state index >= 15 is 0 Å². The minimum atomic E-state index is 0.651. The fraction of sp³-hybridized carbons (Fsp3) is 0. The second-order valence-electron chi connectivity index (χ2n) is 11.6. The van der Waals surface area contributed by atoms with E-state index in [4.69, 9.17) is 15.0 Å². The van der Waals surface area contributed by atoms with Gasteiger partial charge in [0.1, 0.15) is 0 Å². The molecule has 0 unspecified atom stereocenters. The lowest BCUT2D eigenvalue weighted by Crippen LogP contribution is -2.00. The largest absolute Gasteiger partial charge is 0.208 e. The lowest BCUT2D eigenvalue weighted by molar-refractivity contribution is 1.07. The monoisotopic (exact) mass is 585 g/mol. The van der Waals surface area contributed by atoms with Gasteiger partial charge in [-0.2, -0.15) is 0 Å². The van der Waals surface area contributed by atoms with E-state index in [1.807, 2.05) is 60.7 Å². The zero-order valence-corrected chi connectivity index (χ0v) is 24.9. The van der Waals surface area contributed by atoms with E-state index in [0.29, 0.717) is 17.5 Å². The van der Waals surface area contributed by atoms with Crippen LogP contribution in [0, 0.1) is 0 Å². The molecule has 1 aromatic heterocycles. The Morgan fingerprint density at radius 3 is 1.46 bits per heavy atom. The Kier molecular flexibility index (Phi) is 6.14. The van der Waals surface area contributed by atoms with E-state index in [2.05, 4.69) is 103 Å². The highest BCUT2D eigenvalue weighted by molar-refractivity contribution is 6.31. The van der Waals surface area contributed by atoms with Crippen LogP contribution >= 0.6 is 0 Å². The van der Waals surface area contributed by atoms with Crippen molar-refractivity contribution in [3.8, 4) is 45.3 Å². The second-order valence-corrected chi connectivity index (χ2v) is 11.6. The number of aromatic nitrogens is 3. The molecule has 3 nitrogen and oxygen atoms in total. The summed E-state index contributed by atoms with van der Waals surface area (Å²) in [6.45, 7) is 0. The lowest BCUT2D eigenvalue weighted by atomic mass is 9.89. The number of hydrogen-bond donors (Lipinski definition) is 0. The van der Waals surface area contributed by atoms with Crippen LogP contribution in [0.5, 0.6) is 0 Å². The van der Waals surface area contributed by atoms with Gasteiger partial charge in [-0.1, -0.05) is 152 Å². The van der Waals surface area contributed by atoms with Gasteiger partial charge in [-0.05, 0) is 66.3 Å². The minimum Gasteiger partial charge on any atom is -0.208 e. The molecule has 0 atom stereocenters. The maximum Gasteiger partial charge on any atom is 0.164 e. The van der Waals surface area contributed by atoms with E-state index in [9.17, 15) is 0 Å². The molecule has 0 N–H and O–H groups in total. The number of rotatable bonds is 4. The normalized spacial score (nSPS) is 11.5. The molecule has 0 radical (unpaired) electrons. The smallest absolute Gasteiger partial charge is 0.164 e. The van der Waals surface area contributed by atoms with Gasteiger partial charge in [0.15, 0.2) is 17.5 Å². The predicted octanol–water partition coefficient (Wildman–Crippen LogP) is 11.2. The average Bonchev–Trinajstić information content (AvgIpc) is 3.15. The highest BCUT2D eigenvalue weighted by Crippen LogP contribution is 2.40. The molecule has 0 aliphatic rings. The average molecular weight is 586 g/mol. The zero-order valence-electron chi connectivity index (χ0n) is 24.9. The maximum atomic E-state index is 4.97. The number of benzene rings is 8. The fourth-order valence-electron chi connectivity index (χ4n) is 6.68. The first-order valence-corrected chi connectivity index (χ1v) is 15.5. The third-order valence-corrected chi connectivity index (χ3v) is 8.88. The molecule has 0 amide bonds. The van der Waals surface area contributed by atoms with Crippen molar-refractivity contribution in [3.05, 3.63) is 164 Å². The van der Waals surface area contributed by atoms with Crippen LogP contribution in [0.15, 0.2) is 164 Å². The van der Waals surface area contributed by atoms with Gasteiger partial charge in [-0.3, -0.25) is 0 Å². The Labute approximate surface area is 266 Å². The summed E-state index contributed by atoms with van der Waals surface area (Å²) in [5, 5.41) is 10.2. The summed E-state index contributed by atoms with van der Waals surface area (Å²) in [4.78, 5) is 14.8. The lowest BCUT2D eigenvalue weighted by Gasteiger charge is -2.14. The van der Waals surface area contributed by atoms with Crippen molar-refractivity contribution in [2.45, 2.75) is 0 Å². The van der Waals surface area contributed by atoms with E-state index in [1.54, 1.807) is 0 Å². The molecule has 0 saturated carbocycles. The topological polar surface area (TPSA) is 38.7 Å². The fourth-order valence-corrected chi connectivity index (χ4v) is 6.68. The molecule has 9 aromatic rings. The Hall–Kier alpha value is -6.19. The Morgan fingerprint density at radius 2 is 0.739 bits per heavy atom. The molecule has 0 fully saturated rings. The Bertz CT molecular complexity index is 2520. The summed E-state index contributed by atoms with van der Waals surface area (Å²) in [6, 6.07) is 57.6. The summed E-state index contributed by atoms with van der Waals surface area (Å²) in [5.41, 5.74) is 5.13. The third kappa shape index (κ3) is 4.41. The molecule has 0 bridgehead atoms. The quantitative estimate of drug-likeness (QED) is 0.193. The van der Waals surface area contributed by atoms with Crippen LogP contribution in [0.2, 0.25) is 0 Å². The molecule has 214 valence electrons. The van der Waals surface area contributed by atoms with Crippen molar-refractivity contribution in [3.63, 3.8) is 0 Å². The highest BCUT2D eigenvalue weighted by Gasteiger charge is 2.15. The predicted molar refractivity (Wildman–Crippen MR) is 192 cm³/mol. The molecule has 0 aliphatic carbocycles. The maximum absolute atomic E-state index is 4.97. The van der Waals surface area contributed by atoms with E-state index < -0.39 is 0 Å². The van der Waals surface area contributed by atoms with Crippen LogP contribution < -0.4 is 0 Å². The van der Waals surface area contributed by atoms with Crippen LogP contribution in [-0.2, 0) is 0 Å². The molecule has 8 aromatic carbocycles. The van der Waals surface area contributed by atoms with Crippen molar-refractivity contribution < 1.29 is 0 Å². The number of hydrogen-bond acceptors (Lipinski definition) is 3. The molecule has 1 heterocycles. The molecule has 0 saturated heterocycles. The van der Waals surface area contributed by atoms with E-state index in [-0.39, 0.29) is 0 Å². The van der Waals surface area contributed by atoms with Crippen LogP contribution in [-0.4, -0.2) is 15.0 Å². The number of fused-ring (bicyclic) bond motifs is 8. The zero-order chi connectivity index (χ0) is 30.5. The van der Waals surface area contributed by atoms with Crippen molar-refractivity contribution >= 4 is 43.1 Å². The van der Waals surface area contributed by atoms with Crippen LogP contribution in [0.3, 0.4) is 0 Å². The summed E-state index contributed by atoms with van der Waals surface area (Å²) in [6.07, 6.45) is 0. The molecule has 0 spiro atoms. The van der Waals surface area contributed by atoms with Crippen molar-refractivity contribution in [2.75, 3.05) is 0 Å². The molecule has 46 heavy (non-hydrogen) atoms. The van der Waals surface area contributed by atoms with Crippen LogP contribution in [0.25, 0.3) is 88.4 Å². The van der Waals surface area contributed by atoms with Gasteiger partial charge in [-0.25, -0.2) is 15.0 Å². The summed E-state index contributed by atoms with van der Waals surface area (Å²) in [5.74, 6) is 1.97. The molecule has 3 heteroatoms. The van der Waals surface area contributed by atoms with Crippen molar-refractivity contribution in [1.82, 2.24) is 15.0 Å². The molecular formula is C43H27N3. The van der Waals surface area contributed by atoms with E-state index in [1.165, 1.54) is 43.1 Å². The standard InChI is InChI=1S/C43H27N3/c1-3-13-29(14-4-1)41-44-42(30-15-5-2-6-16-30)46-43(45-41)33-18-11-17-31(26-33)32-23-24-36-35-20-9-10-21-37(35)40-34-19-8-7-12-28(34)22-25-38(40)39(36)27-32/h1-27H. The van der Waals surface area contributed by atoms with Gasteiger partial charge in [0.25, 0.3) is 0 Å². The van der Waals surface area contributed by atoms with Crippen molar-refractivity contribution in [1.29, 1.82) is 0 Å². The van der Waals surface area contributed by atoms with Gasteiger partial charge in [0.2, 0.25) is 0 Å². The highest BCUT2D eigenvalue weighted by atomic mass is 15.0. The summed E-state index contributed by atoms with van der Waals surface area (Å²) in [7, 11) is 0. The first kappa shape index (κ1) is 26.2. The number of nitrogens with zero attached hydrogens (tertiary/aromatic N) is 3. The van der Waals surface area contributed by atoms with Crippen molar-refractivity contribution in [2.24, 2.45) is 0 Å². The van der Waals surface area contributed by atoms with Crippen LogP contribution in [0.1, 0.15) is 0 Å². The van der Waals surface area contributed by atoms with Gasteiger partial charge in [0, 0.05) is 16.7 Å². The SMILES string of the molecule is c1ccc(-c2nc(-c3ccccc3)nc(-c3cccc(-c4ccc5c6ccccc6c6c7ccccc7ccc6c5c4)c3)n2)cc1. The van der Waals surface area contributed by atoms with E-state index in [0.717, 1.165) is 27.8 Å². The summed E-state index contributed by atoms with van der Waals surface area (Å²) < 4.78 is 0. The Balaban J connectivity index is 1.23. The molecule has 0 aliphatic heterocycles. The van der Waals surface area contributed by atoms with Crippen LogP contribution in [0.4, 0.5) is 0 Å². The Morgan fingerprint density at radius 1 is 0.261 bits per heavy atom. The van der Waals surface area contributed by atoms with Gasteiger partial charge in [0.05, 0.1) is 0 Å². The van der Waals surface area contributed by atoms with Gasteiger partial charge < -0.3 is 0 Å².